The normalized spacial score (nSPS) is 16.6. The largest absolute Gasteiger partial charge is 0.376 e. The fourth-order valence-electron chi connectivity index (χ4n) is 4.39. The fraction of sp³-hybridized carbons (Fsp3) is 1.00. The van der Waals surface area contributed by atoms with Gasteiger partial charge in [0.2, 0.25) is 0 Å². The second-order valence-electron chi connectivity index (χ2n) is 8.53. The SMILES string of the molecule is CCCCCC(CCC)CC(C)OC(C)CC(CCC)CCCCC. The van der Waals surface area contributed by atoms with E-state index in [1.807, 2.05) is 0 Å². The van der Waals surface area contributed by atoms with Crippen LogP contribution in [0.5, 0.6) is 0 Å². The smallest absolute Gasteiger partial charge is 0.0553 e. The molecule has 0 fully saturated rings. The van der Waals surface area contributed by atoms with Crippen molar-refractivity contribution in [3.05, 3.63) is 0 Å². The third kappa shape index (κ3) is 14.8. The molecule has 0 saturated carbocycles. The lowest BCUT2D eigenvalue weighted by molar-refractivity contribution is -0.0180. The summed E-state index contributed by atoms with van der Waals surface area (Å²) in [7, 11) is 0. The van der Waals surface area contributed by atoms with Crippen molar-refractivity contribution in [3.8, 4) is 0 Å². The minimum Gasteiger partial charge on any atom is -0.376 e. The molecular weight excluding hydrogens is 304 g/mol. The first kappa shape index (κ1) is 25.0. The van der Waals surface area contributed by atoms with Gasteiger partial charge in [-0.2, -0.15) is 0 Å². The van der Waals surface area contributed by atoms with Crippen LogP contribution in [0.4, 0.5) is 0 Å². The Morgan fingerprint density at radius 3 is 1.24 bits per heavy atom. The molecule has 0 aliphatic carbocycles. The summed E-state index contributed by atoms with van der Waals surface area (Å²) in [5.41, 5.74) is 0. The molecule has 0 aliphatic rings. The number of hydrogen-bond donors (Lipinski definition) is 0. The molecule has 4 atom stereocenters. The van der Waals surface area contributed by atoms with Crippen LogP contribution in [0.3, 0.4) is 0 Å². The van der Waals surface area contributed by atoms with Crippen LogP contribution in [0.25, 0.3) is 0 Å². The quantitative estimate of drug-likeness (QED) is 0.224. The van der Waals surface area contributed by atoms with E-state index < -0.39 is 0 Å². The molecule has 0 heterocycles. The molecule has 152 valence electrons. The Bertz CT molecular complexity index is 237. The zero-order chi connectivity index (χ0) is 18.9. The minimum atomic E-state index is 0.422. The van der Waals surface area contributed by atoms with Gasteiger partial charge in [0, 0.05) is 0 Å². The first-order valence-corrected chi connectivity index (χ1v) is 11.7. The summed E-state index contributed by atoms with van der Waals surface area (Å²) in [6.45, 7) is 13.9. The maximum absolute atomic E-state index is 6.42. The fourth-order valence-corrected chi connectivity index (χ4v) is 4.39. The van der Waals surface area contributed by atoms with Gasteiger partial charge in [0.15, 0.2) is 0 Å². The minimum absolute atomic E-state index is 0.422. The summed E-state index contributed by atoms with van der Waals surface area (Å²) < 4.78 is 6.42. The van der Waals surface area contributed by atoms with E-state index in [0.29, 0.717) is 12.2 Å². The second-order valence-corrected chi connectivity index (χ2v) is 8.53. The average Bonchev–Trinajstić information content (AvgIpc) is 2.55. The summed E-state index contributed by atoms with van der Waals surface area (Å²) in [6.07, 6.45) is 19.8. The highest BCUT2D eigenvalue weighted by atomic mass is 16.5. The Labute approximate surface area is 160 Å². The Balaban J connectivity index is 4.21. The molecule has 25 heavy (non-hydrogen) atoms. The molecule has 0 aromatic heterocycles. The van der Waals surface area contributed by atoms with Crippen LogP contribution in [0.1, 0.15) is 131 Å². The van der Waals surface area contributed by atoms with E-state index in [9.17, 15) is 0 Å². The van der Waals surface area contributed by atoms with E-state index in [1.54, 1.807) is 0 Å². The van der Waals surface area contributed by atoms with Crippen LogP contribution in [-0.4, -0.2) is 12.2 Å². The zero-order valence-electron chi connectivity index (χ0n) is 18.6. The summed E-state index contributed by atoms with van der Waals surface area (Å²) in [5.74, 6) is 1.74. The third-order valence-electron chi connectivity index (χ3n) is 5.62. The predicted octanol–water partition coefficient (Wildman–Crippen LogP) is 8.55. The second kappa shape index (κ2) is 17.4. The highest BCUT2D eigenvalue weighted by Crippen LogP contribution is 2.26. The lowest BCUT2D eigenvalue weighted by Gasteiger charge is -2.26. The van der Waals surface area contributed by atoms with Crippen LogP contribution in [0, 0.1) is 11.8 Å². The summed E-state index contributed by atoms with van der Waals surface area (Å²) in [4.78, 5) is 0. The van der Waals surface area contributed by atoms with Crippen molar-refractivity contribution in [2.45, 2.75) is 144 Å². The standard InChI is InChI=1S/C24H50O/c1-7-11-13-17-23(15-9-3)19-21(5)25-22(6)20-24(16-10-4)18-14-12-8-2/h21-24H,7-20H2,1-6H3. The van der Waals surface area contributed by atoms with Gasteiger partial charge >= 0.3 is 0 Å². The van der Waals surface area contributed by atoms with E-state index in [2.05, 4.69) is 41.5 Å². The van der Waals surface area contributed by atoms with Crippen LogP contribution in [0.15, 0.2) is 0 Å². The van der Waals surface area contributed by atoms with Crippen molar-refractivity contribution in [1.29, 1.82) is 0 Å². The number of unbranched alkanes of at least 4 members (excludes halogenated alkanes) is 4. The van der Waals surface area contributed by atoms with Crippen molar-refractivity contribution < 1.29 is 4.74 Å². The van der Waals surface area contributed by atoms with E-state index in [-0.39, 0.29) is 0 Å². The van der Waals surface area contributed by atoms with E-state index in [4.69, 9.17) is 4.74 Å². The summed E-state index contributed by atoms with van der Waals surface area (Å²) in [5, 5.41) is 0. The molecule has 0 aromatic rings. The maximum Gasteiger partial charge on any atom is 0.0553 e. The molecule has 0 saturated heterocycles. The van der Waals surface area contributed by atoms with Gasteiger partial charge in [-0.15, -0.1) is 0 Å². The van der Waals surface area contributed by atoms with Crippen molar-refractivity contribution in [3.63, 3.8) is 0 Å². The van der Waals surface area contributed by atoms with Gasteiger partial charge in [-0.1, -0.05) is 105 Å². The Morgan fingerprint density at radius 2 is 0.920 bits per heavy atom. The average molecular weight is 355 g/mol. The van der Waals surface area contributed by atoms with Gasteiger partial charge in [0.1, 0.15) is 0 Å². The molecule has 0 N–H and O–H groups in total. The van der Waals surface area contributed by atoms with Crippen molar-refractivity contribution in [2.24, 2.45) is 11.8 Å². The highest BCUT2D eigenvalue weighted by Gasteiger charge is 2.18. The number of hydrogen-bond acceptors (Lipinski definition) is 1. The maximum atomic E-state index is 6.42. The molecular formula is C24H50O. The zero-order valence-corrected chi connectivity index (χ0v) is 18.6. The molecule has 4 unspecified atom stereocenters. The third-order valence-corrected chi connectivity index (χ3v) is 5.62. The van der Waals surface area contributed by atoms with Gasteiger partial charge in [-0.25, -0.2) is 0 Å². The van der Waals surface area contributed by atoms with Gasteiger partial charge in [0.05, 0.1) is 12.2 Å². The number of ether oxygens (including phenoxy) is 1. The molecule has 0 aliphatic heterocycles. The van der Waals surface area contributed by atoms with Crippen LogP contribution >= 0.6 is 0 Å². The van der Waals surface area contributed by atoms with Gasteiger partial charge < -0.3 is 4.74 Å². The molecule has 1 nitrogen and oxygen atoms in total. The summed E-state index contributed by atoms with van der Waals surface area (Å²) in [6, 6.07) is 0. The van der Waals surface area contributed by atoms with Gasteiger partial charge in [-0.05, 0) is 38.5 Å². The highest BCUT2D eigenvalue weighted by molar-refractivity contribution is 4.68. The van der Waals surface area contributed by atoms with Gasteiger partial charge in [-0.3, -0.25) is 0 Å². The van der Waals surface area contributed by atoms with Gasteiger partial charge in [0.25, 0.3) is 0 Å². The molecule has 1 heteroatoms. The van der Waals surface area contributed by atoms with Crippen LogP contribution in [0.2, 0.25) is 0 Å². The first-order valence-electron chi connectivity index (χ1n) is 11.7. The molecule has 0 amide bonds. The lowest BCUT2D eigenvalue weighted by atomic mass is 9.90. The van der Waals surface area contributed by atoms with Crippen LogP contribution < -0.4 is 0 Å². The van der Waals surface area contributed by atoms with Crippen molar-refractivity contribution in [2.75, 3.05) is 0 Å². The van der Waals surface area contributed by atoms with E-state index in [1.165, 1.54) is 89.9 Å². The predicted molar refractivity (Wildman–Crippen MR) is 114 cm³/mol. The van der Waals surface area contributed by atoms with Crippen molar-refractivity contribution >= 4 is 0 Å². The Morgan fingerprint density at radius 1 is 0.520 bits per heavy atom. The van der Waals surface area contributed by atoms with E-state index in [0.717, 1.165) is 11.8 Å². The first-order chi connectivity index (χ1) is 12.1. The molecule has 0 aromatic carbocycles. The number of rotatable bonds is 18. The topological polar surface area (TPSA) is 9.23 Å². The summed E-state index contributed by atoms with van der Waals surface area (Å²) >= 11 is 0. The van der Waals surface area contributed by atoms with Crippen LogP contribution in [-0.2, 0) is 4.74 Å². The molecule has 0 radical (unpaired) electrons. The Kier molecular flexibility index (Phi) is 17.3. The molecule has 0 spiro atoms. The Hall–Kier alpha value is -0.0400. The lowest BCUT2D eigenvalue weighted by Crippen LogP contribution is -2.22. The monoisotopic (exact) mass is 354 g/mol. The molecule has 0 bridgehead atoms. The van der Waals surface area contributed by atoms with E-state index >= 15 is 0 Å². The van der Waals surface area contributed by atoms with Crippen molar-refractivity contribution in [1.82, 2.24) is 0 Å². The molecule has 0 rings (SSSR count).